The van der Waals surface area contributed by atoms with Crippen molar-refractivity contribution < 1.29 is 19.1 Å². The molecule has 0 aliphatic carbocycles. The van der Waals surface area contributed by atoms with Crippen molar-refractivity contribution in [3.05, 3.63) is 75.9 Å². The van der Waals surface area contributed by atoms with Crippen molar-refractivity contribution in [2.24, 2.45) is 0 Å². The van der Waals surface area contributed by atoms with E-state index in [-0.39, 0.29) is 30.3 Å². The van der Waals surface area contributed by atoms with Crippen molar-refractivity contribution >= 4 is 35.3 Å². The minimum atomic E-state index is -0.255. The Kier molecular flexibility index (Phi) is 7.84. The molecule has 10 nitrogen and oxygen atoms in total. The average Bonchev–Trinajstić information content (AvgIpc) is 3.27. The van der Waals surface area contributed by atoms with E-state index in [2.05, 4.69) is 20.6 Å². The summed E-state index contributed by atoms with van der Waals surface area (Å²) in [7, 11) is 0. The molecule has 4 heterocycles. The summed E-state index contributed by atoms with van der Waals surface area (Å²) in [6.45, 7) is 3.63. The molecule has 1 aromatic heterocycles. The van der Waals surface area contributed by atoms with E-state index < -0.39 is 0 Å². The lowest BCUT2D eigenvalue weighted by Gasteiger charge is -2.30. The Hall–Kier alpha value is -4.02. The Bertz CT molecular complexity index is 1470. The standard InChI is InChI=1S/C30H31ClN6O4/c31-25-16-33-30(34-23-8-12-41-13-9-23)35-27(25)21-6-7-22-17-37(29(40)24(22)14-21)18-26(38)32-15-19-2-4-20(5-3-19)28(39)36-10-1-11-36/h2-7,14,16,23H,1,8-13,15,17-18H2,(H,32,38)(H,33,34,35). The van der Waals surface area contributed by atoms with Gasteiger partial charge < -0.3 is 25.2 Å². The molecular formula is C30H31ClN6O4. The quantitative estimate of drug-likeness (QED) is 0.423. The van der Waals surface area contributed by atoms with Crippen molar-refractivity contribution in [2.45, 2.75) is 38.4 Å². The van der Waals surface area contributed by atoms with Crippen molar-refractivity contribution in [1.82, 2.24) is 25.1 Å². The zero-order chi connectivity index (χ0) is 28.3. The van der Waals surface area contributed by atoms with Gasteiger partial charge in [0.25, 0.3) is 11.8 Å². The number of benzene rings is 2. The molecule has 0 saturated carbocycles. The van der Waals surface area contributed by atoms with E-state index in [9.17, 15) is 14.4 Å². The average molecular weight is 575 g/mol. The maximum atomic E-state index is 13.2. The normalized spacial score (nSPS) is 16.8. The number of anilines is 1. The Morgan fingerprint density at radius 3 is 2.59 bits per heavy atom. The number of aromatic nitrogens is 2. The summed E-state index contributed by atoms with van der Waals surface area (Å²) in [5.74, 6) is 0.0568. The number of hydrogen-bond donors (Lipinski definition) is 2. The van der Waals surface area contributed by atoms with Crippen LogP contribution in [0.4, 0.5) is 5.95 Å². The lowest BCUT2D eigenvalue weighted by atomic mass is 10.0. The summed E-state index contributed by atoms with van der Waals surface area (Å²) in [5, 5.41) is 6.62. The van der Waals surface area contributed by atoms with Crippen LogP contribution in [0.5, 0.6) is 0 Å². The number of carbonyl (C=O) groups excluding carboxylic acids is 3. The van der Waals surface area contributed by atoms with Gasteiger partial charge in [-0.3, -0.25) is 14.4 Å². The Balaban J connectivity index is 1.06. The minimum Gasteiger partial charge on any atom is -0.381 e. The van der Waals surface area contributed by atoms with Gasteiger partial charge in [-0.25, -0.2) is 9.97 Å². The molecule has 3 aromatic rings. The van der Waals surface area contributed by atoms with E-state index >= 15 is 0 Å². The second kappa shape index (κ2) is 11.8. The van der Waals surface area contributed by atoms with Gasteiger partial charge in [0.15, 0.2) is 0 Å². The van der Waals surface area contributed by atoms with Crippen molar-refractivity contribution in [3.63, 3.8) is 0 Å². The van der Waals surface area contributed by atoms with E-state index in [0.717, 1.165) is 43.5 Å². The fraction of sp³-hybridized carbons (Fsp3) is 0.367. The SMILES string of the molecule is O=C(CN1Cc2ccc(-c3nc(NC4CCOCC4)ncc3Cl)cc2C1=O)NCc1ccc(C(=O)N2CCC2)cc1. The number of hydrogen-bond acceptors (Lipinski definition) is 7. The Morgan fingerprint density at radius 1 is 1.07 bits per heavy atom. The highest BCUT2D eigenvalue weighted by molar-refractivity contribution is 6.33. The second-order valence-electron chi connectivity index (χ2n) is 10.6. The molecule has 212 valence electrons. The number of nitrogens with one attached hydrogen (secondary N) is 2. The van der Waals surface area contributed by atoms with Gasteiger partial charge in [0.2, 0.25) is 11.9 Å². The van der Waals surface area contributed by atoms with Crippen LogP contribution in [-0.2, 0) is 22.6 Å². The molecule has 11 heteroatoms. The van der Waals surface area contributed by atoms with Crippen LogP contribution in [0, 0.1) is 0 Å². The summed E-state index contributed by atoms with van der Waals surface area (Å²) >= 11 is 6.45. The van der Waals surface area contributed by atoms with Crippen LogP contribution < -0.4 is 10.6 Å². The molecular weight excluding hydrogens is 544 g/mol. The Morgan fingerprint density at radius 2 is 1.85 bits per heavy atom. The molecule has 0 atom stereocenters. The van der Waals surface area contributed by atoms with E-state index in [1.807, 2.05) is 29.2 Å². The number of fused-ring (bicyclic) bond motifs is 1. The van der Waals surface area contributed by atoms with Crippen LogP contribution in [0.2, 0.25) is 5.02 Å². The van der Waals surface area contributed by atoms with Gasteiger partial charge in [0.1, 0.15) is 6.54 Å². The molecule has 2 saturated heterocycles. The molecule has 3 aliphatic rings. The fourth-order valence-corrected chi connectivity index (χ4v) is 5.40. The maximum Gasteiger partial charge on any atom is 0.254 e. The molecule has 2 N–H and O–H groups in total. The highest BCUT2D eigenvalue weighted by Crippen LogP contribution is 2.31. The molecule has 41 heavy (non-hydrogen) atoms. The summed E-state index contributed by atoms with van der Waals surface area (Å²) in [6, 6.07) is 13.0. The molecule has 3 amide bonds. The zero-order valence-electron chi connectivity index (χ0n) is 22.6. The predicted molar refractivity (Wildman–Crippen MR) is 153 cm³/mol. The number of amides is 3. The van der Waals surface area contributed by atoms with Gasteiger partial charge >= 0.3 is 0 Å². The molecule has 6 rings (SSSR count). The third kappa shape index (κ3) is 6.03. The summed E-state index contributed by atoms with van der Waals surface area (Å²) in [5.41, 5.74) is 4.16. The summed E-state index contributed by atoms with van der Waals surface area (Å²) in [4.78, 5) is 50.5. The lowest BCUT2D eigenvalue weighted by Crippen LogP contribution is -2.42. The van der Waals surface area contributed by atoms with E-state index in [1.54, 1.807) is 24.4 Å². The molecule has 0 bridgehead atoms. The van der Waals surface area contributed by atoms with Crippen LogP contribution >= 0.6 is 11.6 Å². The number of rotatable bonds is 8. The smallest absolute Gasteiger partial charge is 0.254 e. The van der Waals surface area contributed by atoms with Gasteiger partial charge in [0, 0.05) is 62.1 Å². The second-order valence-corrected chi connectivity index (χ2v) is 11.0. The monoisotopic (exact) mass is 574 g/mol. The fourth-order valence-electron chi connectivity index (χ4n) is 5.20. The summed E-state index contributed by atoms with van der Waals surface area (Å²) < 4.78 is 5.42. The van der Waals surface area contributed by atoms with Crippen LogP contribution in [-0.4, -0.2) is 76.4 Å². The van der Waals surface area contributed by atoms with Crippen LogP contribution in [0.25, 0.3) is 11.3 Å². The van der Waals surface area contributed by atoms with E-state index in [0.29, 0.717) is 59.7 Å². The third-order valence-electron chi connectivity index (χ3n) is 7.73. The number of halogens is 1. The first-order valence-electron chi connectivity index (χ1n) is 13.9. The van der Waals surface area contributed by atoms with Crippen LogP contribution in [0.15, 0.2) is 48.7 Å². The van der Waals surface area contributed by atoms with Crippen molar-refractivity contribution in [1.29, 1.82) is 0 Å². The molecule has 0 unspecified atom stereocenters. The van der Waals surface area contributed by atoms with Crippen molar-refractivity contribution in [2.75, 3.05) is 38.2 Å². The first-order chi connectivity index (χ1) is 19.9. The van der Waals surface area contributed by atoms with E-state index in [1.165, 1.54) is 4.90 Å². The molecule has 0 radical (unpaired) electrons. The topological polar surface area (TPSA) is 117 Å². The highest BCUT2D eigenvalue weighted by atomic mass is 35.5. The van der Waals surface area contributed by atoms with Gasteiger partial charge in [-0.2, -0.15) is 0 Å². The van der Waals surface area contributed by atoms with E-state index in [4.69, 9.17) is 16.3 Å². The highest BCUT2D eigenvalue weighted by Gasteiger charge is 2.29. The number of ether oxygens (including phenoxy) is 1. The number of nitrogens with zero attached hydrogens (tertiary/aromatic N) is 4. The van der Waals surface area contributed by atoms with Gasteiger partial charge in [-0.1, -0.05) is 35.9 Å². The minimum absolute atomic E-state index is 0.0381. The molecule has 2 fully saturated rings. The first kappa shape index (κ1) is 27.2. The van der Waals surface area contributed by atoms with Crippen molar-refractivity contribution in [3.8, 4) is 11.3 Å². The zero-order valence-corrected chi connectivity index (χ0v) is 23.3. The number of carbonyl (C=O) groups is 3. The van der Waals surface area contributed by atoms with Gasteiger partial charge in [-0.15, -0.1) is 0 Å². The largest absolute Gasteiger partial charge is 0.381 e. The molecule has 0 spiro atoms. The predicted octanol–water partition coefficient (Wildman–Crippen LogP) is 3.51. The van der Waals surface area contributed by atoms with Gasteiger partial charge in [0.05, 0.1) is 16.9 Å². The van der Waals surface area contributed by atoms with Crippen LogP contribution in [0.3, 0.4) is 0 Å². The van der Waals surface area contributed by atoms with Gasteiger partial charge in [-0.05, 0) is 48.6 Å². The Labute approximate surface area is 243 Å². The van der Waals surface area contributed by atoms with Crippen LogP contribution in [0.1, 0.15) is 51.1 Å². The number of likely N-dealkylation sites (tertiary alicyclic amines) is 1. The maximum absolute atomic E-state index is 13.2. The lowest BCUT2D eigenvalue weighted by molar-refractivity contribution is -0.122. The third-order valence-corrected chi connectivity index (χ3v) is 8.01. The summed E-state index contributed by atoms with van der Waals surface area (Å²) in [6.07, 6.45) is 4.37. The molecule has 3 aliphatic heterocycles. The molecule has 2 aromatic carbocycles. The first-order valence-corrected chi connectivity index (χ1v) is 14.3.